The molecule has 1 heterocycles. The summed E-state index contributed by atoms with van der Waals surface area (Å²) in [6, 6.07) is 3.15. The Bertz CT molecular complexity index is 281. The lowest BCUT2D eigenvalue weighted by Crippen LogP contribution is -2.22. The highest BCUT2D eigenvalue weighted by atomic mass is 79.9. The number of carbonyl (C=O) groups is 1. The van der Waals surface area contributed by atoms with Gasteiger partial charge in [-0.25, -0.2) is 4.79 Å². The zero-order valence-electron chi connectivity index (χ0n) is 6.30. The summed E-state index contributed by atoms with van der Waals surface area (Å²) < 4.78 is 8.95. The molecule has 1 rings (SSSR count). The van der Waals surface area contributed by atoms with E-state index < -0.39 is 9.39 Å². The van der Waals surface area contributed by atoms with Crippen molar-refractivity contribution in [2.45, 2.75) is 3.42 Å². The van der Waals surface area contributed by atoms with Gasteiger partial charge >= 0.3 is 5.97 Å². The molecular formula is C7H5Br3O3. The van der Waals surface area contributed by atoms with Gasteiger partial charge in [-0.1, -0.05) is 15.9 Å². The fourth-order valence-corrected chi connectivity index (χ4v) is 1.02. The minimum Gasteiger partial charge on any atom is -0.457 e. The Morgan fingerprint density at radius 3 is 2.77 bits per heavy atom. The Kier molecular flexibility index (Phi) is 4.00. The van der Waals surface area contributed by atoms with E-state index in [1.54, 1.807) is 6.07 Å². The summed E-state index contributed by atoms with van der Waals surface area (Å²) in [7, 11) is 0. The molecule has 0 atom stereocenters. The van der Waals surface area contributed by atoms with Crippen LogP contribution in [0.1, 0.15) is 10.6 Å². The maximum Gasteiger partial charge on any atom is 0.376 e. The van der Waals surface area contributed by atoms with Crippen LogP contribution >= 0.6 is 47.8 Å². The lowest BCUT2D eigenvalue weighted by atomic mass is 10.5. The Balaban J connectivity index is 2.61. The molecule has 0 saturated heterocycles. The summed E-state index contributed by atoms with van der Waals surface area (Å²) in [5, 5.41) is 0.423. The Labute approximate surface area is 100 Å². The number of rotatable bonds is 3. The maximum absolute atomic E-state index is 11.3. The van der Waals surface area contributed by atoms with Gasteiger partial charge < -0.3 is 9.15 Å². The molecule has 0 aliphatic heterocycles. The molecule has 0 saturated carbocycles. The van der Waals surface area contributed by atoms with Gasteiger partial charge in [0.2, 0.25) is 9.18 Å². The minimum atomic E-state index is -0.885. The Morgan fingerprint density at radius 1 is 1.62 bits per heavy atom. The van der Waals surface area contributed by atoms with Crippen molar-refractivity contribution in [3.8, 4) is 0 Å². The van der Waals surface area contributed by atoms with Crippen LogP contribution in [-0.2, 0) is 4.74 Å². The van der Waals surface area contributed by atoms with Crippen molar-refractivity contribution >= 4 is 53.8 Å². The summed E-state index contributed by atoms with van der Waals surface area (Å²) >= 11 is 9.47. The van der Waals surface area contributed by atoms with E-state index in [0.29, 0.717) is 5.33 Å². The minimum absolute atomic E-state index is 0.171. The third kappa shape index (κ3) is 3.44. The first-order valence-electron chi connectivity index (χ1n) is 3.26. The lowest BCUT2D eigenvalue weighted by molar-refractivity contribution is 0.0425. The molecule has 1 aromatic heterocycles. The summed E-state index contributed by atoms with van der Waals surface area (Å²) in [5.74, 6) is -0.359. The van der Waals surface area contributed by atoms with Crippen molar-refractivity contribution < 1.29 is 13.9 Å². The van der Waals surface area contributed by atoms with Crippen molar-refractivity contribution in [1.29, 1.82) is 0 Å². The maximum atomic E-state index is 11.3. The van der Waals surface area contributed by atoms with E-state index in [-0.39, 0.29) is 5.76 Å². The Morgan fingerprint density at radius 2 is 2.31 bits per heavy atom. The Hall–Kier alpha value is 0.190. The molecule has 3 nitrogen and oxygen atoms in total. The van der Waals surface area contributed by atoms with Crippen LogP contribution in [0, 0.1) is 0 Å². The largest absolute Gasteiger partial charge is 0.457 e. The van der Waals surface area contributed by atoms with Crippen molar-refractivity contribution in [3.63, 3.8) is 0 Å². The van der Waals surface area contributed by atoms with Gasteiger partial charge in [-0.3, -0.25) is 0 Å². The molecule has 0 aliphatic rings. The van der Waals surface area contributed by atoms with Crippen molar-refractivity contribution in [2.75, 3.05) is 5.33 Å². The molecule has 0 N–H and O–H groups in total. The average Bonchev–Trinajstić information content (AvgIpc) is 2.55. The van der Waals surface area contributed by atoms with E-state index in [4.69, 9.17) is 9.15 Å². The zero-order chi connectivity index (χ0) is 9.90. The summed E-state index contributed by atoms with van der Waals surface area (Å²) in [6.07, 6.45) is 1.41. The van der Waals surface area contributed by atoms with E-state index in [1.807, 2.05) is 0 Å². The van der Waals surface area contributed by atoms with Crippen LogP contribution in [0.5, 0.6) is 0 Å². The third-order valence-electron chi connectivity index (χ3n) is 1.12. The normalized spacial score (nSPS) is 11.3. The highest BCUT2D eigenvalue weighted by molar-refractivity contribution is 9.26. The van der Waals surface area contributed by atoms with E-state index in [1.165, 1.54) is 12.3 Å². The average molecular weight is 377 g/mol. The van der Waals surface area contributed by atoms with Crippen LogP contribution in [-0.4, -0.2) is 14.7 Å². The number of hydrogen-bond donors (Lipinski definition) is 0. The topological polar surface area (TPSA) is 39.4 Å². The highest BCUT2D eigenvalue weighted by Gasteiger charge is 2.27. The van der Waals surface area contributed by atoms with Crippen LogP contribution in [0.2, 0.25) is 0 Å². The number of esters is 1. The van der Waals surface area contributed by atoms with Crippen LogP contribution < -0.4 is 0 Å². The second-order valence-electron chi connectivity index (χ2n) is 2.14. The lowest BCUT2D eigenvalue weighted by Gasteiger charge is -2.16. The summed E-state index contributed by atoms with van der Waals surface area (Å²) in [4.78, 5) is 11.3. The number of alkyl halides is 3. The number of hydrogen-bond acceptors (Lipinski definition) is 3. The molecule has 0 fully saturated rings. The van der Waals surface area contributed by atoms with Gasteiger partial charge in [0.15, 0.2) is 0 Å². The molecule has 0 spiro atoms. The fourth-order valence-electron chi connectivity index (χ4n) is 0.608. The monoisotopic (exact) mass is 374 g/mol. The van der Waals surface area contributed by atoms with E-state index in [2.05, 4.69) is 47.8 Å². The van der Waals surface area contributed by atoms with Crippen molar-refractivity contribution in [1.82, 2.24) is 0 Å². The molecule has 1 aromatic rings. The quantitative estimate of drug-likeness (QED) is 0.600. The molecule has 0 amide bonds. The van der Waals surface area contributed by atoms with Gasteiger partial charge in [0, 0.05) is 0 Å². The first-order chi connectivity index (χ1) is 6.05. The molecule has 0 radical (unpaired) electrons. The van der Waals surface area contributed by atoms with Gasteiger partial charge in [0.25, 0.3) is 0 Å². The van der Waals surface area contributed by atoms with Gasteiger partial charge in [-0.2, -0.15) is 0 Å². The van der Waals surface area contributed by atoms with Crippen molar-refractivity contribution in [2.24, 2.45) is 0 Å². The molecule has 0 aliphatic carbocycles. The first-order valence-corrected chi connectivity index (χ1v) is 5.96. The molecule has 0 aromatic carbocycles. The standard InChI is InChI=1S/C7H5Br3O3/c8-4-7(9,10)13-6(11)5-2-1-3-12-5/h1-3H,4H2. The molecule has 13 heavy (non-hydrogen) atoms. The second-order valence-corrected chi connectivity index (χ2v) is 6.32. The number of furan rings is 1. The zero-order valence-corrected chi connectivity index (χ0v) is 11.1. The highest BCUT2D eigenvalue weighted by Crippen LogP contribution is 2.30. The van der Waals surface area contributed by atoms with Crippen LogP contribution in [0.15, 0.2) is 22.8 Å². The number of ether oxygens (including phenoxy) is 1. The van der Waals surface area contributed by atoms with Crippen LogP contribution in [0.25, 0.3) is 0 Å². The molecular weight excluding hydrogens is 372 g/mol. The van der Waals surface area contributed by atoms with Gasteiger partial charge in [0.05, 0.1) is 11.6 Å². The van der Waals surface area contributed by atoms with Gasteiger partial charge in [-0.05, 0) is 44.0 Å². The SMILES string of the molecule is O=C(OC(Br)(Br)CBr)c1ccco1. The van der Waals surface area contributed by atoms with E-state index >= 15 is 0 Å². The van der Waals surface area contributed by atoms with E-state index in [0.717, 1.165) is 0 Å². The van der Waals surface area contributed by atoms with Crippen LogP contribution in [0.3, 0.4) is 0 Å². The third-order valence-corrected chi connectivity index (χ3v) is 4.30. The molecule has 6 heteroatoms. The van der Waals surface area contributed by atoms with Gasteiger partial charge in [-0.15, -0.1) is 0 Å². The molecule has 0 bridgehead atoms. The predicted molar refractivity (Wildman–Crippen MR) is 58.5 cm³/mol. The molecule has 0 unspecified atom stereocenters. The summed E-state index contributed by atoms with van der Waals surface area (Å²) in [5.41, 5.74) is 0. The van der Waals surface area contributed by atoms with E-state index in [9.17, 15) is 4.79 Å². The molecule has 72 valence electrons. The van der Waals surface area contributed by atoms with Crippen molar-refractivity contribution in [3.05, 3.63) is 24.2 Å². The predicted octanol–water partition coefficient (Wildman–Crippen LogP) is 3.27. The smallest absolute Gasteiger partial charge is 0.376 e. The number of carbonyl (C=O) groups excluding carboxylic acids is 1. The number of halogens is 3. The fraction of sp³-hybridized carbons (Fsp3) is 0.286. The van der Waals surface area contributed by atoms with Crippen LogP contribution in [0.4, 0.5) is 0 Å². The second kappa shape index (κ2) is 4.61. The summed E-state index contributed by atoms with van der Waals surface area (Å²) in [6.45, 7) is 0. The first kappa shape index (κ1) is 11.3. The van der Waals surface area contributed by atoms with Gasteiger partial charge in [0.1, 0.15) is 0 Å².